The largest absolute Gasteiger partial charge is 0.477 e. The van der Waals surface area contributed by atoms with Crippen LogP contribution in [-0.4, -0.2) is 25.2 Å². The molecule has 0 amide bonds. The van der Waals surface area contributed by atoms with E-state index >= 15 is 0 Å². The SMILES string of the molecule is O=C(O)c1ncccc1Cn1ccn(C2CC2)c1=O. The van der Waals surface area contributed by atoms with Gasteiger partial charge in [-0.15, -0.1) is 0 Å². The van der Waals surface area contributed by atoms with Crippen LogP contribution in [0.15, 0.2) is 35.5 Å². The van der Waals surface area contributed by atoms with Gasteiger partial charge in [-0.3, -0.25) is 9.13 Å². The van der Waals surface area contributed by atoms with E-state index in [1.54, 1.807) is 29.1 Å². The molecule has 0 atom stereocenters. The molecule has 0 radical (unpaired) electrons. The van der Waals surface area contributed by atoms with Crippen LogP contribution >= 0.6 is 0 Å². The third-order valence-electron chi connectivity index (χ3n) is 3.25. The number of carbonyl (C=O) groups is 1. The number of nitrogens with zero attached hydrogens (tertiary/aromatic N) is 3. The summed E-state index contributed by atoms with van der Waals surface area (Å²) >= 11 is 0. The molecule has 1 aliphatic rings. The van der Waals surface area contributed by atoms with E-state index in [1.807, 2.05) is 0 Å². The highest BCUT2D eigenvalue weighted by Gasteiger charge is 2.25. The molecule has 2 aromatic rings. The second kappa shape index (κ2) is 4.38. The van der Waals surface area contributed by atoms with E-state index in [1.165, 1.54) is 10.8 Å². The molecule has 0 spiro atoms. The summed E-state index contributed by atoms with van der Waals surface area (Å²) in [5, 5.41) is 9.06. The van der Waals surface area contributed by atoms with Crippen molar-refractivity contribution in [1.82, 2.24) is 14.1 Å². The van der Waals surface area contributed by atoms with Crippen LogP contribution in [0.4, 0.5) is 0 Å². The van der Waals surface area contributed by atoms with Gasteiger partial charge in [0.25, 0.3) is 0 Å². The summed E-state index contributed by atoms with van der Waals surface area (Å²) in [4.78, 5) is 27.0. The minimum absolute atomic E-state index is 0.00595. The summed E-state index contributed by atoms with van der Waals surface area (Å²) in [7, 11) is 0. The van der Waals surface area contributed by atoms with Crippen LogP contribution in [-0.2, 0) is 6.54 Å². The zero-order chi connectivity index (χ0) is 13.4. The molecule has 2 heterocycles. The second-order valence-electron chi connectivity index (χ2n) is 4.66. The van der Waals surface area contributed by atoms with Gasteiger partial charge in [0.2, 0.25) is 0 Å². The zero-order valence-electron chi connectivity index (χ0n) is 10.2. The van der Waals surface area contributed by atoms with Crippen molar-refractivity contribution in [3.8, 4) is 0 Å². The van der Waals surface area contributed by atoms with Crippen LogP contribution in [0, 0.1) is 0 Å². The quantitative estimate of drug-likeness (QED) is 0.892. The van der Waals surface area contributed by atoms with Crippen LogP contribution < -0.4 is 5.69 Å². The molecule has 1 saturated carbocycles. The lowest BCUT2D eigenvalue weighted by Gasteiger charge is -2.05. The second-order valence-corrected chi connectivity index (χ2v) is 4.66. The van der Waals surface area contributed by atoms with Crippen LogP contribution in [0.25, 0.3) is 0 Å². The Hall–Kier alpha value is -2.37. The molecule has 6 nitrogen and oxygen atoms in total. The molecular formula is C13H13N3O3. The molecule has 6 heteroatoms. The maximum absolute atomic E-state index is 12.1. The Morgan fingerprint density at radius 1 is 1.42 bits per heavy atom. The summed E-state index contributed by atoms with van der Waals surface area (Å²) in [6, 6.07) is 3.67. The van der Waals surface area contributed by atoms with Crippen LogP contribution in [0.3, 0.4) is 0 Å². The van der Waals surface area contributed by atoms with Crippen LogP contribution in [0.1, 0.15) is 34.9 Å². The molecule has 1 aliphatic carbocycles. The first-order valence-electron chi connectivity index (χ1n) is 6.11. The van der Waals surface area contributed by atoms with E-state index in [2.05, 4.69) is 4.98 Å². The molecule has 0 saturated heterocycles. The van der Waals surface area contributed by atoms with Crippen molar-refractivity contribution < 1.29 is 9.90 Å². The molecule has 0 aromatic carbocycles. The molecule has 1 fully saturated rings. The zero-order valence-corrected chi connectivity index (χ0v) is 10.2. The van der Waals surface area contributed by atoms with E-state index in [4.69, 9.17) is 5.11 Å². The Balaban J connectivity index is 1.93. The van der Waals surface area contributed by atoms with Crippen LogP contribution in [0.5, 0.6) is 0 Å². The molecule has 1 N–H and O–H groups in total. The smallest absolute Gasteiger partial charge is 0.354 e. The van der Waals surface area contributed by atoms with Gasteiger partial charge >= 0.3 is 11.7 Å². The Kier molecular flexibility index (Phi) is 2.70. The average Bonchev–Trinajstić information content (AvgIpc) is 3.17. The van der Waals surface area contributed by atoms with Gasteiger partial charge in [-0.25, -0.2) is 14.6 Å². The van der Waals surface area contributed by atoms with Gasteiger partial charge < -0.3 is 5.11 Å². The normalized spacial score (nSPS) is 14.5. The Morgan fingerprint density at radius 3 is 2.89 bits per heavy atom. The van der Waals surface area contributed by atoms with E-state index < -0.39 is 5.97 Å². The number of rotatable bonds is 4. The number of hydrogen-bond donors (Lipinski definition) is 1. The molecule has 0 aliphatic heterocycles. The lowest BCUT2D eigenvalue weighted by molar-refractivity contribution is 0.0689. The summed E-state index contributed by atoms with van der Waals surface area (Å²) in [6.07, 6.45) is 6.97. The maximum Gasteiger partial charge on any atom is 0.354 e. The van der Waals surface area contributed by atoms with Gasteiger partial charge in [0.1, 0.15) is 0 Å². The van der Waals surface area contributed by atoms with Gasteiger partial charge in [-0.2, -0.15) is 0 Å². The number of aromatic carboxylic acids is 1. The minimum atomic E-state index is -1.08. The Morgan fingerprint density at radius 2 is 2.21 bits per heavy atom. The lowest BCUT2D eigenvalue weighted by atomic mass is 10.2. The fourth-order valence-electron chi connectivity index (χ4n) is 2.12. The van der Waals surface area contributed by atoms with Crippen molar-refractivity contribution in [3.63, 3.8) is 0 Å². The van der Waals surface area contributed by atoms with Crippen LogP contribution in [0.2, 0.25) is 0 Å². The van der Waals surface area contributed by atoms with Gasteiger partial charge in [-0.1, -0.05) is 6.07 Å². The number of imidazole rings is 1. The minimum Gasteiger partial charge on any atom is -0.477 e. The van der Waals surface area contributed by atoms with Crippen molar-refractivity contribution in [1.29, 1.82) is 0 Å². The molecule has 2 aromatic heterocycles. The van der Waals surface area contributed by atoms with Crippen molar-refractivity contribution in [2.24, 2.45) is 0 Å². The van der Waals surface area contributed by atoms with E-state index in [0.29, 0.717) is 11.6 Å². The fourth-order valence-corrected chi connectivity index (χ4v) is 2.12. The van der Waals surface area contributed by atoms with E-state index in [9.17, 15) is 9.59 Å². The number of carboxylic acids is 1. The summed E-state index contributed by atoms with van der Waals surface area (Å²) < 4.78 is 3.22. The number of aromatic nitrogens is 3. The lowest BCUT2D eigenvalue weighted by Crippen LogP contribution is -2.24. The summed E-state index contributed by atoms with van der Waals surface area (Å²) in [5.74, 6) is -1.08. The van der Waals surface area contributed by atoms with E-state index in [-0.39, 0.29) is 17.9 Å². The van der Waals surface area contributed by atoms with Crippen molar-refractivity contribution in [2.45, 2.75) is 25.4 Å². The van der Waals surface area contributed by atoms with Crippen molar-refractivity contribution in [2.75, 3.05) is 0 Å². The first-order chi connectivity index (χ1) is 9.16. The van der Waals surface area contributed by atoms with Crippen molar-refractivity contribution in [3.05, 3.63) is 52.5 Å². The number of pyridine rings is 1. The molecule has 0 unspecified atom stereocenters. The van der Waals surface area contributed by atoms with Crippen molar-refractivity contribution >= 4 is 5.97 Å². The molecule has 3 rings (SSSR count). The Labute approximate surface area is 108 Å². The summed E-state index contributed by atoms with van der Waals surface area (Å²) in [6.45, 7) is 0.230. The number of hydrogen-bond acceptors (Lipinski definition) is 3. The van der Waals surface area contributed by atoms with E-state index in [0.717, 1.165) is 12.8 Å². The molecule has 19 heavy (non-hydrogen) atoms. The molecule has 0 bridgehead atoms. The monoisotopic (exact) mass is 259 g/mol. The standard InChI is InChI=1S/C13H13N3O3/c17-12(18)11-9(2-1-5-14-11)8-15-6-7-16(13(15)19)10-3-4-10/h1-2,5-7,10H,3-4,8H2,(H,17,18). The van der Waals surface area contributed by atoms with Gasteiger partial charge in [0.05, 0.1) is 6.54 Å². The van der Waals surface area contributed by atoms with Gasteiger partial charge in [-0.05, 0) is 18.9 Å². The maximum atomic E-state index is 12.1. The summed E-state index contributed by atoms with van der Waals surface area (Å²) in [5.41, 5.74) is 0.432. The predicted octanol–water partition coefficient (Wildman–Crippen LogP) is 1.13. The van der Waals surface area contributed by atoms with Gasteiger partial charge in [0.15, 0.2) is 5.69 Å². The number of carboxylic acid groups (broad SMARTS) is 1. The Bertz CT molecular complexity index is 682. The average molecular weight is 259 g/mol. The topological polar surface area (TPSA) is 77.1 Å². The highest BCUT2D eigenvalue weighted by atomic mass is 16.4. The third kappa shape index (κ3) is 2.16. The predicted molar refractivity (Wildman–Crippen MR) is 67.3 cm³/mol. The third-order valence-corrected chi connectivity index (χ3v) is 3.25. The fraction of sp³-hybridized carbons (Fsp3) is 0.308. The molecular weight excluding hydrogens is 246 g/mol. The highest BCUT2D eigenvalue weighted by molar-refractivity contribution is 5.86. The molecule has 98 valence electrons. The van der Waals surface area contributed by atoms with Gasteiger partial charge in [0, 0.05) is 30.2 Å². The highest BCUT2D eigenvalue weighted by Crippen LogP contribution is 2.33. The first-order valence-corrected chi connectivity index (χ1v) is 6.11. The first kappa shape index (κ1) is 11.7.